The number of hydrogen-bond acceptors (Lipinski definition) is 6. The Morgan fingerprint density at radius 2 is 1.69 bits per heavy atom. The fourth-order valence-corrected chi connectivity index (χ4v) is 5.79. The van der Waals surface area contributed by atoms with E-state index in [-0.39, 0.29) is 28.1 Å². The van der Waals surface area contributed by atoms with Gasteiger partial charge in [-0.15, -0.1) is 0 Å². The van der Waals surface area contributed by atoms with Crippen LogP contribution in [0.1, 0.15) is 18.9 Å². The Balaban J connectivity index is 2.08. The Kier molecular flexibility index (Phi) is 10.2. The number of ether oxygens (including phenoxy) is 2. The molecule has 3 aromatic carbocycles. The molecule has 0 unspecified atom stereocenters. The van der Waals surface area contributed by atoms with Gasteiger partial charge in [-0.2, -0.15) is 0 Å². The average Bonchev–Trinajstić information content (AvgIpc) is 2.95. The lowest BCUT2D eigenvalue weighted by molar-refractivity contribution is -0.140. The van der Waals surface area contributed by atoms with Crippen LogP contribution in [-0.2, 0) is 26.2 Å². The van der Waals surface area contributed by atoms with Crippen LogP contribution < -0.4 is 19.1 Å². The maximum Gasteiger partial charge on any atom is 0.264 e. The molecule has 0 aliphatic rings. The van der Waals surface area contributed by atoms with Gasteiger partial charge in [0.15, 0.2) is 0 Å². The molecule has 0 saturated heterocycles. The van der Waals surface area contributed by atoms with Gasteiger partial charge in [-0.1, -0.05) is 48.9 Å². The van der Waals surface area contributed by atoms with Gasteiger partial charge in [0.25, 0.3) is 10.0 Å². The van der Waals surface area contributed by atoms with E-state index >= 15 is 0 Å². The number of nitrogens with one attached hydrogen (secondary N) is 1. The van der Waals surface area contributed by atoms with Crippen molar-refractivity contribution in [1.29, 1.82) is 0 Å². The molecule has 0 radical (unpaired) electrons. The van der Waals surface area contributed by atoms with Crippen molar-refractivity contribution in [2.45, 2.75) is 30.8 Å². The molecule has 39 heavy (non-hydrogen) atoms. The van der Waals surface area contributed by atoms with Crippen LogP contribution >= 0.6 is 11.6 Å². The Labute approximate surface area is 234 Å². The molecule has 11 heteroatoms. The lowest BCUT2D eigenvalue weighted by Crippen LogP contribution is -2.51. The number of carbonyl (C=O) groups excluding carboxylic acids is 2. The third-order valence-electron chi connectivity index (χ3n) is 6.15. The van der Waals surface area contributed by atoms with Crippen molar-refractivity contribution in [2.24, 2.45) is 0 Å². The molecule has 0 aliphatic carbocycles. The quantitative estimate of drug-likeness (QED) is 0.350. The zero-order valence-corrected chi connectivity index (χ0v) is 23.8. The van der Waals surface area contributed by atoms with E-state index in [0.29, 0.717) is 17.9 Å². The molecular weight excluding hydrogens is 542 g/mol. The standard InChI is InChI=1S/C28H32ClN3O6S/c1-5-25(28(34)30-2)31(18-20-10-9-11-22(16-20)37-3)27(33)19-32(21-14-15-26(38-4)24(29)17-21)39(35,36)23-12-7-6-8-13-23/h6-17,25H,5,18-19H2,1-4H3,(H,30,34)/t25-/m0/s1. The van der Waals surface area contributed by atoms with Crippen LogP contribution in [0, 0.1) is 0 Å². The third kappa shape index (κ3) is 7.01. The number of rotatable bonds is 12. The highest BCUT2D eigenvalue weighted by Gasteiger charge is 2.33. The first-order valence-electron chi connectivity index (χ1n) is 12.2. The lowest BCUT2D eigenvalue weighted by Gasteiger charge is -2.33. The van der Waals surface area contributed by atoms with Gasteiger partial charge in [0, 0.05) is 13.6 Å². The van der Waals surface area contributed by atoms with Crippen LogP contribution in [0.25, 0.3) is 0 Å². The minimum Gasteiger partial charge on any atom is -0.497 e. The van der Waals surface area contributed by atoms with Gasteiger partial charge < -0.3 is 19.7 Å². The molecule has 0 bridgehead atoms. The first kappa shape index (κ1) is 29.8. The molecule has 9 nitrogen and oxygen atoms in total. The summed E-state index contributed by atoms with van der Waals surface area (Å²) in [5.41, 5.74) is 0.891. The van der Waals surface area contributed by atoms with Crippen LogP contribution in [-0.4, -0.2) is 59.0 Å². The molecule has 0 aromatic heterocycles. The smallest absolute Gasteiger partial charge is 0.264 e. The highest BCUT2D eigenvalue weighted by Crippen LogP contribution is 2.32. The van der Waals surface area contributed by atoms with Gasteiger partial charge in [0.05, 0.1) is 29.8 Å². The maximum atomic E-state index is 13.9. The second-order valence-corrected chi connectivity index (χ2v) is 10.8. The molecule has 0 fully saturated rings. The molecule has 0 saturated carbocycles. The van der Waals surface area contributed by atoms with Crippen LogP contribution in [0.4, 0.5) is 5.69 Å². The number of likely N-dealkylation sites (N-methyl/N-ethyl adjacent to an activating group) is 1. The number of halogens is 1. The highest BCUT2D eigenvalue weighted by molar-refractivity contribution is 7.92. The molecular formula is C28H32ClN3O6S. The zero-order valence-electron chi connectivity index (χ0n) is 22.3. The summed E-state index contributed by atoms with van der Waals surface area (Å²) in [5.74, 6) is 0.0154. The molecule has 1 N–H and O–H groups in total. The third-order valence-corrected chi connectivity index (χ3v) is 8.24. The monoisotopic (exact) mass is 573 g/mol. The molecule has 0 aliphatic heterocycles. The fraction of sp³-hybridized carbons (Fsp3) is 0.286. The Morgan fingerprint density at radius 1 is 0.974 bits per heavy atom. The number of sulfonamides is 1. The SMILES string of the molecule is CC[C@@H](C(=O)NC)N(Cc1cccc(OC)c1)C(=O)CN(c1ccc(OC)c(Cl)c1)S(=O)(=O)c1ccccc1. The Morgan fingerprint density at radius 3 is 2.28 bits per heavy atom. The summed E-state index contributed by atoms with van der Waals surface area (Å²) < 4.78 is 39.1. The second kappa shape index (κ2) is 13.3. The van der Waals surface area contributed by atoms with Gasteiger partial charge in [0.2, 0.25) is 11.8 Å². The zero-order chi connectivity index (χ0) is 28.6. The van der Waals surface area contributed by atoms with Crippen molar-refractivity contribution in [3.8, 4) is 11.5 Å². The first-order chi connectivity index (χ1) is 18.7. The first-order valence-corrected chi connectivity index (χ1v) is 14.0. The van der Waals surface area contributed by atoms with E-state index < -0.39 is 28.5 Å². The largest absolute Gasteiger partial charge is 0.497 e. The van der Waals surface area contributed by atoms with Gasteiger partial charge in [-0.05, 0) is 54.4 Å². The van der Waals surface area contributed by atoms with E-state index in [1.165, 1.54) is 56.5 Å². The van der Waals surface area contributed by atoms with E-state index in [2.05, 4.69) is 5.32 Å². The van der Waals surface area contributed by atoms with Crippen molar-refractivity contribution in [2.75, 3.05) is 32.1 Å². The molecule has 0 spiro atoms. The minimum absolute atomic E-state index is 0.00225. The van der Waals surface area contributed by atoms with E-state index in [0.717, 1.165) is 9.87 Å². The number of hydrogen-bond donors (Lipinski definition) is 1. The summed E-state index contributed by atoms with van der Waals surface area (Å²) >= 11 is 6.33. The molecule has 2 amide bonds. The topological polar surface area (TPSA) is 105 Å². The van der Waals surface area contributed by atoms with Crippen molar-refractivity contribution in [3.05, 3.63) is 83.4 Å². The average molecular weight is 574 g/mol. The van der Waals surface area contributed by atoms with E-state index in [9.17, 15) is 18.0 Å². The number of amides is 2. The fourth-order valence-electron chi connectivity index (χ4n) is 4.11. The summed E-state index contributed by atoms with van der Waals surface area (Å²) in [6, 6.07) is 18.6. The van der Waals surface area contributed by atoms with Gasteiger partial charge >= 0.3 is 0 Å². The minimum atomic E-state index is -4.19. The number of carbonyl (C=O) groups is 2. The van der Waals surface area contributed by atoms with Crippen LogP contribution in [0.5, 0.6) is 11.5 Å². The van der Waals surface area contributed by atoms with Gasteiger partial charge in [-0.25, -0.2) is 8.42 Å². The number of methoxy groups -OCH3 is 2. The molecule has 3 rings (SSSR count). The molecule has 1 atom stereocenters. The lowest BCUT2D eigenvalue weighted by atomic mass is 10.1. The van der Waals surface area contributed by atoms with Crippen LogP contribution in [0.3, 0.4) is 0 Å². The van der Waals surface area contributed by atoms with Crippen molar-refractivity contribution < 1.29 is 27.5 Å². The molecule has 0 heterocycles. The summed E-state index contributed by atoms with van der Waals surface area (Å²) in [7, 11) is 0.279. The number of benzene rings is 3. The molecule has 208 valence electrons. The summed E-state index contributed by atoms with van der Waals surface area (Å²) in [6.45, 7) is 1.27. The van der Waals surface area contributed by atoms with Gasteiger partial charge in [-0.3, -0.25) is 13.9 Å². The number of anilines is 1. The van der Waals surface area contributed by atoms with Crippen molar-refractivity contribution >= 4 is 39.1 Å². The van der Waals surface area contributed by atoms with E-state index in [1.807, 2.05) is 0 Å². The summed E-state index contributed by atoms with van der Waals surface area (Å²) in [5, 5.41) is 2.78. The van der Waals surface area contributed by atoms with Crippen LogP contribution in [0.2, 0.25) is 5.02 Å². The highest BCUT2D eigenvalue weighted by atomic mass is 35.5. The van der Waals surface area contributed by atoms with Crippen molar-refractivity contribution in [3.63, 3.8) is 0 Å². The van der Waals surface area contributed by atoms with E-state index in [1.54, 1.807) is 49.4 Å². The summed E-state index contributed by atoms with van der Waals surface area (Å²) in [6.07, 6.45) is 0.315. The molecule has 3 aromatic rings. The number of nitrogens with zero attached hydrogens (tertiary/aromatic N) is 2. The van der Waals surface area contributed by atoms with Gasteiger partial charge in [0.1, 0.15) is 24.1 Å². The van der Waals surface area contributed by atoms with Crippen molar-refractivity contribution in [1.82, 2.24) is 10.2 Å². The predicted octanol–water partition coefficient (Wildman–Crippen LogP) is 4.11. The predicted molar refractivity (Wildman–Crippen MR) is 151 cm³/mol. The Bertz CT molecular complexity index is 1400. The van der Waals surface area contributed by atoms with E-state index in [4.69, 9.17) is 21.1 Å². The summed E-state index contributed by atoms with van der Waals surface area (Å²) in [4.78, 5) is 28.1. The normalized spacial score (nSPS) is 11.8. The Hall–Kier alpha value is -3.76. The van der Waals surface area contributed by atoms with Crippen LogP contribution in [0.15, 0.2) is 77.7 Å². The second-order valence-electron chi connectivity index (χ2n) is 8.56. The maximum absolute atomic E-state index is 13.9.